The van der Waals surface area contributed by atoms with E-state index in [0.29, 0.717) is 29.8 Å². The largest absolute Gasteiger partial charge is 0.496 e. The van der Waals surface area contributed by atoms with Crippen LogP contribution in [0.25, 0.3) is 0 Å². The first kappa shape index (κ1) is 12.9. The van der Waals surface area contributed by atoms with Crippen molar-refractivity contribution in [3.05, 3.63) is 40.5 Å². The minimum absolute atomic E-state index is 0.535. The minimum atomic E-state index is 0.535. The van der Waals surface area contributed by atoms with Crippen LogP contribution in [0.2, 0.25) is 5.02 Å². The van der Waals surface area contributed by atoms with Crippen molar-refractivity contribution in [1.82, 2.24) is 15.5 Å². The van der Waals surface area contributed by atoms with Crippen molar-refractivity contribution in [2.24, 2.45) is 0 Å². The number of rotatable bonds is 5. The summed E-state index contributed by atoms with van der Waals surface area (Å²) < 4.78 is 10.1. The minimum Gasteiger partial charge on any atom is -0.496 e. The van der Waals surface area contributed by atoms with Crippen LogP contribution in [-0.2, 0) is 13.1 Å². The van der Waals surface area contributed by atoms with Gasteiger partial charge in [0.25, 0.3) is 0 Å². The molecule has 1 heterocycles. The molecule has 0 bridgehead atoms. The third-order valence-electron chi connectivity index (χ3n) is 2.41. The summed E-state index contributed by atoms with van der Waals surface area (Å²) in [5.41, 5.74) is 0.991. The van der Waals surface area contributed by atoms with Crippen molar-refractivity contribution in [2.75, 3.05) is 7.11 Å². The van der Waals surface area contributed by atoms with E-state index >= 15 is 0 Å². The van der Waals surface area contributed by atoms with E-state index in [9.17, 15) is 0 Å². The fourth-order valence-corrected chi connectivity index (χ4v) is 1.80. The zero-order chi connectivity index (χ0) is 13.0. The van der Waals surface area contributed by atoms with Crippen LogP contribution < -0.4 is 10.1 Å². The lowest BCUT2D eigenvalue weighted by atomic mass is 10.2. The summed E-state index contributed by atoms with van der Waals surface area (Å²) in [6.07, 6.45) is 0. The van der Waals surface area contributed by atoms with E-state index in [1.807, 2.05) is 12.1 Å². The highest BCUT2D eigenvalue weighted by molar-refractivity contribution is 6.30. The molecule has 0 fully saturated rings. The molecule has 0 aliphatic heterocycles. The van der Waals surface area contributed by atoms with E-state index < -0.39 is 0 Å². The molecule has 1 aromatic carbocycles. The molecule has 0 saturated carbocycles. The molecule has 5 nitrogen and oxygen atoms in total. The van der Waals surface area contributed by atoms with E-state index in [4.69, 9.17) is 20.9 Å². The topological polar surface area (TPSA) is 60.2 Å². The van der Waals surface area contributed by atoms with Crippen LogP contribution in [0, 0.1) is 6.92 Å². The molecule has 2 rings (SSSR count). The highest BCUT2D eigenvalue weighted by Crippen LogP contribution is 2.22. The van der Waals surface area contributed by atoms with Gasteiger partial charge < -0.3 is 14.6 Å². The number of methoxy groups -OCH3 is 1. The van der Waals surface area contributed by atoms with Crippen LogP contribution in [0.1, 0.15) is 17.3 Å². The zero-order valence-electron chi connectivity index (χ0n) is 10.2. The summed E-state index contributed by atoms with van der Waals surface area (Å²) in [6.45, 7) is 2.92. The number of ether oxygens (including phenoxy) is 1. The number of nitrogens with one attached hydrogen (secondary N) is 1. The molecule has 6 heteroatoms. The van der Waals surface area contributed by atoms with Crippen molar-refractivity contribution < 1.29 is 9.26 Å². The Labute approximate surface area is 110 Å². The maximum absolute atomic E-state index is 5.95. The number of nitrogens with zero attached hydrogens (tertiary/aromatic N) is 2. The molecule has 0 radical (unpaired) electrons. The number of benzene rings is 1. The summed E-state index contributed by atoms with van der Waals surface area (Å²) in [7, 11) is 1.63. The second-order valence-corrected chi connectivity index (χ2v) is 4.23. The summed E-state index contributed by atoms with van der Waals surface area (Å²) in [4.78, 5) is 4.10. The summed E-state index contributed by atoms with van der Waals surface area (Å²) >= 11 is 5.95. The van der Waals surface area contributed by atoms with Gasteiger partial charge in [-0.25, -0.2) is 0 Å². The Morgan fingerprint density at radius 2 is 2.22 bits per heavy atom. The molecule has 0 saturated heterocycles. The second kappa shape index (κ2) is 5.84. The maximum atomic E-state index is 5.95. The van der Waals surface area contributed by atoms with Gasteiger partial charge in [-0.15, -0.1) is 0 Å². The van der Waals surface area contributed by atoms with Gasteiger partial charge in [0.05, 0.1) is 13.7 Å². The molecule has 1 aromatic heterocycles. The molecular weight excluding hydrogens is 254 g/mol. The summed E-state index contributed by atoms with van der Waals surface area (Å²) in [5.74, 6) is 2.00. The number of aromatic nitrogens is 2. The number of hydrogen-bond donors (Lipinski definition) is 1. The number of hydrogen-bond acceptors (Lipinski definition) is 5. The number of aryl methyl sites for hydroxylation is 1. The zero-order valence-corrected chi connectivity index (χ0v) is 11.0. The predicted octanol–water partition coefficient (Wildman–Crippen LogP) is 2.33. The monoisotopic (exact) mass is 267 g/mol. The van der Waals surface area contributed by atoms with E-state index in [1.165, 1.54) is 0 Å². The van der Waals surface area contributed by atoms with E-state index in [-0.39, 0.29) is 0 Å². The SMILES string of the molecule is COc1ccc(Cl)cc1CNCc1noc(C)n1. The smallest absolute Gasteiger partial charge is 0.223 e. The Hall–Kier alpha value is -1.59. The van der Waals surface area contributed by atoms with Gasteiger partial charge in [-0.05, 0) is 18.2 Å². The third kappa shape index (κ3) is 3.21. The van der Waals surface area contributed by atoms with Gasteiger partial charge in [0.15, 0.2) is 5.82 Å². The number of halogens is 1. The van der Waals surface area contributed by atoms with Gasteiger partial charge in [0.1, 0.15) is 5.75 Å². The van der Waals surface area contributed by atoms with Gasteiger partial charge in [-0.3, -0.25) is 0 Å². The Kier molecular flexibility index (Phi) is 4.17. The molecule has 0 spiro atoms. The van der Waals surface area contributed by atoms with Gasteiger partial charge in [0.2, 0.25) is 5.89 Å². The fraction of sp³-hybridized carbons (Fsp3) is 0.333. The maximum Gasteiger partial charge on any atom is 0.223 e. The standard InChI is InChI=1S/C12H14ClN3O2/c1-8-15-12(16-18-8)7-14-6-9-5-10(13)3-4-11(9)17-2/h3-5,14H,6-7H2,1-2H3. The molecule has 1 N–H and O–H groups in total. The van der Waals surface area contributed by atoms with Crippen molar-refractivity contribution in [2.45, 2.75) is 20.0 Å². The van der Waals surface area contributed by atoms with Gasteiger partial charge in [-0.1, -0.05) is 16.8 Å². The van der Waals surface area contributed by atoms with Crippen molar-refractivity contribution >= 4 is 11.6 Å². The third-order valence-corrected chi connectivity index (χ3v) is 2.65. The fourth-order valence-electron chi connectivity index (χ4n) is 1.61. The average molecular weight is 268 g/mol. The van der Waals surface area contributed by atoms with Crippen LogP contribution in [0.15, 0.2) is 22.7 Å². The molecule has 0 amide bonds. The predicted molar refractivity (Wildman–Crippen MR) is 67.6 cm³/mol. The molecule has 96 valence electrons. The van der Waals surface area contributed by atoms with E-state index in [2.05, 4.69) is 15.5 Å². The second-order valence-electron chi connectivity index (χ2n) is 3.79. The summed E-state index contributed by atoms with van der Waals surface area (Å²) in [5, 5.41) is 7.69. The van der Waals surface area contributed by atoms with E-state index in [1.54, 1.807) is 20.1 Å². The first-order chi connectivity index (χ1) is 8.69. The van der Waals surface area contributed by atoms with Crippen molar-refractivity contribution in [1.29, 1.82) is 0 Å². The van der Waals surface area contributed by atoms with Crippen molar-refractivity contribution in [3.8, 4) is 5.75 Å². The van der Waals surface area contributed by atoms with E-state index in [0.717, 1.165) is 11.3 Å². The lowest BCUT2D eigenvalue weighted by molar-refractivity contribution is 0.385. The Bertz CT molecular complexity index is 528. The van der Waals surface area contributed by atoms with Crippen LogP contribution >= 0.6 is 11.6 Å². The van der Waals surface area contributed by atoms with Gasteiger partial charge in [-0.2, -0.15) is 4.98 Å². The quantitative estimate of drug-likeness (QED) is 0.901. The van der Waals surface area contributed by atoms with Gasteiger partial charge in [0, 0.05) is 24.1 Å². The molecule has 2 aromatic rings. The van der Waals surface area contributed by atoms with Crippen LogP contribution in [-0.4, -0.2) is 17.3 Å². The van der Waals surface area contributed by atoms with Crippen LogP contribution in [0.3, 0.4) is 0 Å². The lowest BCUT2D eigenvalue weighted by Crippen LogP contribution is -2.14. The molecular formula is C12H14ClN3O2. The Morgan fingerprint density at radius 3 is 2.89 bits per heavy atom. The highest BCUT2D eigenvalue weighted by atomic mass is 35.5. The van der Waals surface area contributed by atoms with Crippen molar-refractivity contribution in [3.63, 3.8) is 0 Å². The summed E-state index contributed by atoms with van der Waals surface area (Å²) in [6, 6.07) is 5.51. The molecule has 18 heavy (non-hydrogen) atoms. The van der Waals surface area contributed by atoms with Crippen LogP contribution in [0.4, 0.5) is 0 Å². The normalized spacial score (nSPS) is 10.6. The average Bonchev–Trinajstić information content (AvgIpc) is 2.75. The Morgan fingerprint density at radius 1 is 1.39 bits per heavy atom. The Balaban J connectivity index is 1.95. The first-order valence-electron chi connectivity index (χ1n) is 5.51. The molecule has 0 atom stereocenters. The lowest BCUT2D eigenvalue weighted by Gasteiger charge is -2.09. The first-order valence-corrected chi connectivity index (χ1v) is 5.89. The molecule has 0 unspecified atom stereocenters. The van der Waals surface area contributed by atoms with Gasteiger partial charge >= 0.3 is 0 Å². The molecule has 0 aliphatic rings. The highest BCUT2D eigenvalue weighted by Gasteiger charge is 2.05. The van der Waals surface area contributed by atoms with Crippen LogP contribution in [0.5, 0.6) is 5.75 Å². The molecule has 0 aliphatic carbocycles.